The Morgan fingerprint density at radius 2 is 1.73 bits per heavy atom. The number of carbonyl (C=O) groups excluding carboxylic acids is 1. The highest BCUT2D eigenvalue weighted by Crippen LogP contribution is 2.26. The first-order chi connectivity index (χ1) is 14.3. The van der Waals surface area contributed by atoms with E-state index in [0.29, 0.717) is 12.8 Å². The summed E-state index contributed by atoms with van der Waals surface area (Å²) in [6, 6.07) is 18.2. The van der Waals surface area contributed by atoms with Crippen LogP contribution in [0.15, 0.2) is 66.0 Å². The topological polar surface area (TPSA) is 95.5 Å². The summed E-state index contributed by atoms with van der Waals surface area (Å²) in [7, 11) is -4.31. The van der Waals surface area contributed by atoms with E-state index in [0.717, 1.165) is 22.4 Å². The summed E-state index contributed by atoms with van der Waals surface area (Å²) >= 11 is 1.62. The molecule has 1 atom stereocenters. The predicted molar refractivity (Wildman–Crippen MR) is 120 cm³/mol. The Labute approximate surface area is 180 Å². The van der Waals surface area contributed by atoms with Crippen LogP contribution in [0.1, 0.15) is 34.5 Å². The zero-order valence-electron chi connectivity index (χ0n) is 16.5. The van der Waals surface area contributed by atoms with E-state index >= 15 is 0 Å². The van der Waals surface area contributed by atoms with Gasteiger partial charge in [0.2, 0.25) is 5.91 Å². The third-order valence-electron chi connectivity index (χ3n) is 4.61. The van der Waals surface area contributed by atoms with Gasteiger partial charge in [-0.1, -0.05) is 49.4 Å². The van der Waals surface area contributed by atoms with E-state index in [1.54, 1.807) is 35.6 Å². The molecule has 0 aliphatic rings. The third kappa shape index (κ3) is 6.69. The zero-order chi connectivity index (χ0) is 21.6. The lowest BCUT2D eigenvalue weighted by molar-refractivity contribution is -0.121. The summed E-state index contributed by atoms with van der Waals surface area (Å²) in [5.41, 5.74) is 3.39. The Morgan fingerprint density at radius 1 is 1.03 bits per heavy atom. The molecule has 0 fully saturated rings. The minimum Gasteiger partial charge on any atom is -0.348 e. The van der Waals surface area contributed by atoms with Gasteiger partial charge in [-0.25, -0.2) is 0 Å². The van der Waals surface area contributed by atoms with Gasteiger partial charge >= 0.3 is 10.3 Å². The van der Waals surface area contributed by atoms with Gasteiger partial charge in [0.1, 0.15) is 0 Å². The molecule has 1 aromatic heterocycles. The number of aryl methyl sites for hydroxylation is 1. The van der Waals surface area contributed by atoms with Crippen LogP contribution < -0.4 is 10.0 Å². The molecule has 0 spiro atoms. The highest BCUT2D eigenvalue weighted by atomic mass is 32.2. The molecule has 158 valence electrons. The van der Waals surface area contributed by atoms with Gasteiger partial charge < -0.3 is 5.32 Å². The van der Waals surface area contributed by atoms with Crippen molar-refractivity contribution < 1.29 is 17.8 Å². The number of anilines is 1. The number of hydrogen-bond acceptors (Lipinski definition) is 4. The lowest BCUT2D eigenvalue weighted by Crippen LogP contribution is -2.30. The summed E-state index contributed by atoms with van der Waals surface area (Å²) in [6.07, 6.45) is 1.80. The van der Waals surface area contributed by atoms with Gasteiger partial charge in [-0.05, 0) is 53.1 Å². The lowest BCUT2D eigenvalue weighted by Gasteiger charge is -2.18. The molecule has 0 aliphatic carbocycles. The average Bonchev–Trinajstić information content (AvgIpc) is 3.18. The van der Waals surface area contributed by atoms with Gasteiger partial charge in [0, 0.05) is 4.88 Å². The first-order valence-electron chi connectivity index (χ1n) is 9.57. The molecular formula is C22H24N2O4S2. The normalized spacial score (nSPS) is 12.3. The summed E-state index contributed by atoms with van der Waals surface area (Å²) in [6.45, 7) is 2.09. The fraction of sp³-hybridized carbons (Fsp3) is 0.227. The minimum atomic E-state index is -4.31. The Bertz CT molecular complexity index is 1080. The van der Waals surface area contributed by atoms with Crippen LogP contribution in [0.4, 0.5) is 5.69 Å². The van der Waals surface area contributed by atoms with Crippen molar-refractivity contribution in [1.82, 2.24) is 5.32 Å². The Balaban J connectivity index is 1.75. The highest BCUT2D eigenvalue weighted by molar-refractivity contribution is 7.87. The van der Waals surface area contributed by atoms with Crippen molar-refractivity contribution in [3.05, 3.63) is 87.6 Å². The molecule has 0 saturated carbocycles. The lowest BCUT2D eigenvalue weighted by atomic mass is 10.0. The summed E-state index contributed by atoms with van der Waals surface area (Å²) in [5.74, 6) is -0.0534. The van der Waals surface area contributed by atoms with Crippen LogP contribution >= 0.6 is 11.3 Å². The molecule has 6 nitrogen and oxygen atoms in total. The maximum Gasteiger partial charge on any atom is 0.357 e. The molecule has 0 aliphatic heterocycles. The molecule has 30 heavy (non-hydrogen) atoms. The van der Waals surface area contributed by atoms with E-state index in [2.05, 4.69) is 23.7 Å². The molecule has 8 heteroatoms. The molecule has 3 aromatic rings. The number of benzene rings is 2. The van der Waals surface area contributed by atoms with Crippen molar-refractivity contribution in [2.45, 2.75) is 32.2 Å². The maximum atomic E-state index is 12.7. The fourth-order valence-electron chi connectivity index (χ4n) is 3.11. The van der Waals surface area contributed by atoms with Crippen LogP contribution in [0.3, 0.4) is 0 Å². The molecule has 3 N–H and O–H groups in total. The van der Waals surface area contributed by atoms with Crippen molar-refractivity contribution in [2.24, 2.45) is 0 Å². The summed E-state index contributed by atoms with van der Waals surface area (Å²) < 4.78 is 32.8. The van der Waals surface area contributed by atoms with E-state index < -0.39 is 10.3 Å². The second-order valence-electron chi connectivity index (χ2n) is 6.97. The summed E-state index contributed by atoms with van der Waals surface area (Å²) in [5, 5.41) is 5.24. The fourth-order valence-corrected chi connectivity index (χ4v) is 4.59. The number of carbonyl (C=O) groups is 1. The first kappa shape index (κ1) is 22.0. The van der Waals surface area contributed by atoms with Crippen LogP contribution in [0.25, 0.3) is 0 Å². The van der Waals surface area contributed by atoms with E-state index in [1.165, 1.54) is 5.56 Å². The standard InChI is InChI=1S/C22H24N2O4S2/c1-2-16-13-21(29-15-16)20(23-22(25)14-17-6-4-3-5-7-17)12-18-8-10-19(11-9-18)24-30(26,27)28/h3-11,13,15,20,24H,2,12,14H2,1H3,(H,23,25)(H,26,27,28)/t20-/m0/s1. The van der Waals surface area contributed by atoms with Gasteiger partial charge in [0.05, 0.1) is 18.2 Å². The SMILES string of the molecule is CCc1csc([C@H](Cc2ccc(NS(=O)(=O)O)cc2)NC(=O)Cc2ccccc2)c1. The number of rotatable bonds is 9. The maximum absolute atomic E-state index is 12.7. The number of nitrogens with one attached hydrogen (secondary N) is 2. The molecule has 1 heterocycles. The summed E-state index contributed by atoms with van der Waals surface area (Å²) in [4.78, 5) is 13.7. The number of hydrogen-bond donors (Lipinski definition) is 3. The van der Waals surface area contributed by atoms with E-state index in [-0.39, 0.29) is 17.6 Å². The van der Waals surface area contributed by atoms with Gasteiger partial charge in [0.25, 0.3) is 0 Å². The quantitative estimate of drug-likeness (QED) is 0.432. The minimum absolute atomic E-state index is 0.0534. The monoisotopic (exact) mass is 444 g/mol. The number of thiophene rings is 1. The van der Waals surface area contributed by atoms with Crippen molar-refractivity contribution in [3.8, 4) is 0 Å². The van der Waals surface area contributed by atoms with Gasteiger partial charge in [0.15, 0.2) is 0 Å². The van der Waals surface area contributed by atoms with Crippen LogP contribution in [0, 0.1) is 0 Å². The van der Waals surface area contributed by atoms with Crippen LogP contribution in [-0.2, 0) is 34.4 Å². The second kappa shape index (κ2) is 9.88. The second-order valence-corrected chi connectivity index (χ2v) is 9.07. The molecular weight excluding hydrogens is 420 g/mol. The van der Waals surface area contributed by atoms with Crippen molar-refractivity contribution in [3.63, 3.8) is 0 Å². The highest BCUT2D eigenvalue weighted by Gasteiger charge is 2.18. The van der Waals surface area contributed by atoms with Crippen molar-refractivity contribution in [2.75, 3.05) is 4.72 Å². The van der Waals surface area contributed by atoms with Gasteiger partial charge in [-0.3, -0.25) is 14.1 Å². The molecule has 3 rings (SSSR count). The zero-order valence-corrected chi connectivity index (χ0v) is 18.2. The molecule has 1 amide bonds. The molecule has 0 radical (unpaired) electrons. The van der Waals surface area contributed by atoms with Crippen LogP contribution in [-0.4, -0.2) is 18.9 Å². The van der Waals surface area contributed by atoms with Crippen LogP contribution in [0.2, 0.25) is 0 Å². The first-order valence-corrected chi connectivity index (χ1v) is 11.9. The van der Waals surface area contributed by atoms with E-state index in [9.17, 15) is 13.2 Å². The van der Waals surface area contributed by atoms with Gasteiger partial charge in [-0.15, -0.1) is 11.3 Å². The Hall–Kier alpha value is -2.68. The van der Waals surface area contributed by atoms with Crippen molar-refractivity contribution in [1.29, 1.82) is 0 Å². The average molecular weight is 445 g/mol. The predicted octanol–water partition coefficient (Wildman–Crippen LogP) is 4.17. The van der Waals surface area contributed by atoms with E-state index in [1.807, 2.05) is 35.1 Å². The van der Waals surface area contributed by atoms with Gasteiger partial charge in [-0.2, -0.15) is 8.42 Å². The molecule has 0 bridgehead atoms. The molecule has 2 aromatic carbocycles. The third-order valence-corrected chi connectivity index (χ3v) is 6.20. The molecule has 0 unspecified atom stereocenters. The largest absolute Gasteiger partial charge is 0.357 e. The Morgan fingerprint density at radius 3 is 2.33 bits per heavy atom. The van der Waals surface area contributed by atoms with E-state index in [4.69, 9.17) is 4.55 Å². The molecule has 0 saturated heterocycles. The smallest absolute Gasteiger partial charge is 0.348 e. The Kier molecular flexibility index (Phi) is 7.25. The number of amides is 1. The van der Waals surface area contributed by atoms with Crippen molar-refractivity contribution >= 4 is 33.2 Å². The van der Waals surface area contributed by atoms with Crippen LogP contribution in [0.5, 0.6) is 0 Å².